The molecule has 4 aliphatic heterocycles. The summed E-state index contributed by atoms with van der Waals surface area (Å²) in [5, 5.41) is 249. The molecule has 0 amide bonds. The van der Waals surface area contributed by atoms with Gasteiger partial charge in [0.15, 0.2) is 24.8 Å². The van der Waals surface area contributed by atoms with Crippen molar-refractivity contribution >= 4 is 0 Å². The van der Waals surface area contributed by atoms with Gasteiger partial charge in [0.05, 0.1) is 62.0 Å². The van der Waals surface area contributed by atoms with Crippen molar-refractivity contribution in [2.45, 2.75) is 311 Å². The normalized spacial score (nSPS) is 36.9. The van der Waals surface area contributed by atoms with Crippen LogP contribution in [-0.2, 0) is 28.4 Å². The van der Waals surface area contributed by atoms with Crippen LogP contribution in [0, 0.1) is 23.7 Å². The number of hydrogen-bond acceptors (Lipinski definition) is 32. The van der Waals surface area contributed by atoms with Gasteiger partial charge in [0.25, 0.3) is 0 Å². The number of ether oxygens (including phenoxy) is 6. The molecule has 2 unspecified atom stereocenters. The zero-order valence-corrected chi connectivity index (χ0v) is 51.9. The van der Waals surface area contributed by atoms with E-state index < -0.39 is 196 Å². The fourth-order valence-corrected chi connectivity index (χ4v) is 9.12. The van der Waals surface area contributed by atoms with Gasteiger partial charge in [-0.1, -0.05) is 76.2 Å². The van der Waals surface area contributed by atoms with Gasteiger partial charge in [-0.15, -0.1) is 0 Å². The summed E-state index contributed by atoms with van der Waals surface area (Å²) >= 11 is 0. The molecule has 0 spiro atoms. The Kier molecular flexibility index (Phi) is 39.5. The Morgan fingerprint density at radius 2 is 0.632 bits per heavy atom. The monoisotopic (exact) mass is 1280 g/mol. The van der Waals surface area contributed by atoms with E-state index in [1.54, 1.807) is 20.8 Å². The van der Waals surface area contributed by atoms with Crippen LogP contribution >= 0.6 is 0 Å². The third-order valence-corrected chi connectivity index (χ3v) is 14.7. The van der Waals surface area contributed by atoms with Gasteiger partial charge in [-0.05, 0) is 75.5 Å². The van der Waals surface area contributed by atoms with E-state index in [1.165, 1.54) is 6.92 Å². The molecule has 0 radical (unpaired) electrons. The minimum absolute atomic E-state index is 0.103. The third kappa shape index (κ3) is 26.2. The number of aliphatic hydroxyl groups excluding tert-OH is 24. The van der Waals surface area contributed by atoms with E-state index >= 15 is 0 Å². The molecule has 87 heavy (non-hydrogen) atoms. The van der Waals surface area contributed by atoms with E-state index in [2.05, 4.69) is 0 Å². The second-order valence-corrected chi connectivity index (χ2v) is 24.3. The summed E-state index contributed by atoms with van der Waals surface area (Å²) in [5.74, 6) is -4.51. The largest absolute Gasteiger partial charge is 0.394 e. The Morgan fingerprint density at radius 1 is 0.356 bits per heavy atom. The summed E-state index contributed by atoms with van der Waals surface area (Å²) in [5.41, 5.74) is 0. The van der Waals surface area contributed by atoms with Crippen molar-refractivity contribution < 1.29 is 161 Å². The molecule has 30 atom stereocenters. The molecule has 0 bridgehead atoms. The zero-order valence-electron chi connectivity index (χ0n) is 51.9. The topological polar surface area (TPSA) is 581 Å². The molecule has 524 valence electrons. The van der Waals surface area contributed by atoms with E-state index in [0.717, 1.165) is 0 Å². The lowest BCUT2D eigenvalue weighted by Crippen LogP contribution is -2.62. The molecule has 0 saturated carbocycles. The Morgan fingerprint density at radius 3 is 0.874 bits per heavy atom. The van der Waals surface area contributed by atoms with Crippen molar-refractivity contribution in [3.8, 4) is 0 Å². The molecule has 26 N–H and O–H groups in total. The lowest BCUT2D eigenvalue weighted by Gasteiger charge is -2.42. The Bertz CT molecular complexity index is 1700. The highest BCUT2D eigenvalue weighted by Crippen LogP contribution is 2.37. The Balaban J connectivity index is 0.00000109. The zero-order chi connectivity index (χ0) is 68.1. The average molecular weight is 1290 g/mol. The van der Waals surface area contributed by atoms with Crippen molar-refractivity contribution in [3.05, 3.63) is 0 Å². The Labute approximate surface area is 508 Å². The summed E-state index contributed by atoms with van der Waals surface area (Å²) in [6.45, 7) is 20.3. The van der Waals surface area contributed by atoms with Crippen LogP contribution in [0.1, 0.15) is 128 Å². The van der Waals surface area contributed by atoms with E-state index in [-0.39, 0.29) is 23.7 Å². The minimum atomic E-state index is -2.67. The molecule has 4 rings (SSSR count). The summed E-state index contributed by atoms with van der Waals surface area (Å²) in [7, 11) is 0. The van der Waals surface area contributed by atoms with Crippen molar-refractivity contribution in [2.75, 3.05) is 13.2 Å². The molecule has 4 saturated heterocycles. The predicted molar refractivity (Wildman–Crippen MR) is 300 cm³/mol. The maximum Gasteiger partial charge on any atom is 0.313 e. The first-order valence-electron chi connectivity index (χ1n) is 29.7. The van der Waals surface area contributed by atoms with Crippen molar-refractivity contribution in [3.63, 3.8) is 0 Å². The summed E-state index contributed by atoms with van der Waals surface area (Å²) in [6.07, 6.45) is -35.3. The first kappa shape index (κ1) is 85.7. The quantitative estimate of drug-likeness (QED) is 0.0358. The highest BCUT2D eigenvalue weighted by molar-refractivity contribution is 4.96. The maximum absolute atomic E-state index is 10.3. The summed E-state index contributed by atoms with van der Waals surface area (Å²) < 4.78 is 30.2. The standard InChI is InChI=1S/C14H26O10.C11H20O10.3C10H22O4/c1-5(2)3-6-9(17)12(20)14(21,23-6)24-13-11(19)10(18)8(16)7(4-15)22-13;1-3-5(13)9(17)11(18,20-3)21-10-8(16)7(15)6(14)4(2-12)19-10;3*1-4-7(11)9(13)10(14)8(12)5-6(2)3/h5-13,15-21H,3-4H2,1-2H3;3-10,12-18H,2H2,1H3;3*6-14H,4-5H2,1-3H3/t6-,7-,8-,9-,10+,11-,12+,13?,14-;3-,4-,5-,6-,7+,8-,9+,10?,11-;7-,8+,9+,10+;7-,8+,9-,10-;7-,8-,9-,10-/m11011/s1. The molecule has 4 fully saturated rings. The number of rotatable bonds is 26. The van der Waals surface area contributed by atoms with Gasteiger partial charge in [0.1, 0.15) is 97.7 Å². The van der Waals surface area contributed by atoms with Crippen molar-refractivity contribution in [1.82, 2.24) is 0 Å². The lowest BCUT2D eigenvalue weighted by molar-refractivity contribution is -0.442. The van der Waals surface area contributed by atoms with Crippen LogP contribution in [0.25, 0.3) is 0 Å². The van der Waals surface area contributed by atoms with E-state index in [4.69, 9.17) is 38.6 Å². The first-order chi connectivity index (χ1) is 40.0. The highest BCUT2D eigenvalue weighted by Gasteiger charge is 2.59. The van der Waals surface area contributed by atoms with Gasteiger partial charge in [-0.25, -0.2) is 0 Å². The van der Waals surface area contributed by atoms with E-state index in [9.17, 15) is 123 Å². The highest BCUT2D eigenvalue weighted by atomic mass is 16.9. The van der Waals surface area contributed by atoms with Crippen LogP contribution in [0.15, 0.2) is 0 Å². The van der Waals surface area contributed by atoms with Crippen molar-refractivity contribution in [2.24, 2.45) is 23.7 Å². The second kappa shape index (κ2) is 40.1. The fourth-order valence-electron chi connectivity index (χ4n) is 9.12. The van der Waals surface area contributed by atoms with Gasteiger partial charge < -0.3 is 152 Å². The number of aliphatic hydroxyl groups is 26. The smallest absolute Gasteiger partial charge is 0.313 e. The van der Waals surface area contributed by atoms with Crippen LogP contribution in [0.5, 0.6) is 0 Å². The molecule has 0 aromatic rings. The first-order valence-corrected chi connectivity index (χ1v) is 29.7. The van der Waals surface area contributed by atoms with Crippen LogP contribution in [-0.4, -0.2) is 329 Å². The fraction of sp³-hybridized carbons (Fsp3) is 1.00. The van der Waals surface area contributed by atoms with Gasteiger partial charge in [-0.3, -0.25) is 9.47 Å². The van der Waals surface area contributed by atoms with Gasteiger partial charge in [0.2, 0.25) is 0 Å². The summed E-state index contributed by atoms with van der Waals surface area (Å²) in [6, 6.07) is 0. The van der Waals surface area contributed by atoms with E-state index in [0.29, 0.717) is 44.9 Å². The maximum atomic E-state index is 10.3. The molecule has 4 aliphatic rings. The van der Waals surface area contributed by atoms with Crippen molar-refractivity contribution in [1.29, 1.82) is 0 Å². The molecule has 4 heterocycles. The predicted octanol–water partition coefficient (Wildman–Crippen LogP) is -8.14. The second-order valence-electron chi connectivity index (χ2n) is 24.3. The minimum Gasteiger partial charge on any atom is -0.394 e. The third-order valence-electron chi connectivity index (χ3n) is 14.7. The Hall–Kier alpha value is -1.28. The molecule has 0 aromatic heterocycles. The molecule has 0 aromatic carbocycles. The lowest BCUT2D eigenvalue weighted by atomic mass is 9.95. The van der Waals surface area contributed by atoms with Gasteiger partial charge in [0, 0.05) is 0 Å². The molecule has 32 heteroatoms. The van der Waals surface area contributed by atoms with Gasteiger partial charge >= 0.3 is 11.9 Å². The van der Waals surface area contributed by atoms with Crippen LogP contribution in [0.2, 0.25) is 0 Å². The SMILES string of the molecule is CC(C)C[C@H]1O[C@@](O)(OC2O[C@H](CO)[C@@H](O)[C@H](O)[C@H]2O)[C@@H](O)[C@@H]1O.CC[C@@H](O)[C@@H](O)[C@H](O)[C@@H](O)CC(C)C.CC[C@@H](O)[C@@H](O)[C@H](O)[C@H](O)CC(C)C.CC[C@H](O)[C@@H](O)[C@H](O)[C@H](O)CC(C)C.C[C@H]1O[C@@](O)(OC2O[C@H](CO)[C@@H](O)[C@H](O)[C@H]2O)[C@@H](O)[C@@H]1O. The van der Waals surface area contributed by atoms with Crippen LogP contribution < -0.4 is 0 Å². The number of hydrogen-bond donors (Lipinski definition) is 26. The van der Waals surface area contributed by atoms with Crippen LogP contribution in [0.3, 0.4) is 0 Å². The molecule has 32 nitrogen and oxygen atoms in total. The summed E-state index contributed by atoms with van der Waals surface area (Å²) in [4.78, 5) is 0. The van der Waals surface area contributed by atoms with E-state index in [1.807, 2.05) is 55.4 Å². The van der Waals surface area contributed by atoms with Crippen LogP contribution in [0.4, 0.5) is 0 Å². The van der Waals surface area contributed by atoms with Gasteiger partial charge in [-0.2, -0.15) is 0 Å². The molecule has 0 aliphatic carbocycles. The average Bonchev–Trinajstić information content (AvgIpc) is 1.90. The molecular weight excluding hydrogens is 1170 g/mol. The molecular formula is C55H112O32.